The quantitative estimate of drug-likeness (QED) is 0.308. The highest BCUT2D eigenvalue weighted by Gasteiger charge is 2.22. The first-order valence-corrected chi connectivity index (χ1v) is 10.3. The second kappa shape index (κ2) is 9.22. The van der Waals surface area contributed by atoms with Crippen molar-refractivity contribution in [2.45, 2.75) is 4.90 Å². The number of methoxy groups -OCH3 is 1. The Balaban J connectivity index is 1.93. The first kappa shape index (κ1) is 21.7. The molecule has 0 aromatic heterocycles. The maximum atomic E-state index is 13.7. The molecule has 3 aromatic rings. The van der Waals surface area contributed by atoms with Crippen LogP contribution in [0.15, 0.2) is 76.7 Å². The van der Waals surface area contributed by atoms with Crippen LogP contribution in [0.5, 0.6) is 5.75 Å². The lowest BCUT2D eigenvalue weighted by atomic mass is 10.2. The van der Waals surface area contributed by atoms with Crippen LogP contribution >= 0.6 is 0 Å². The molecule has 0 aliphatic carbocycles. The van der Waals surface area contributed by atoms with Crippen LogP contribution in [0.4, 0.5) is 21.5 Å². The maximum absolute atomic E-state index is 13.7. The van der Waals surface area contributed by atoms with Gasteiger partial charge in [-0.3, -0.25) is 20.3 Å². The highest BCUT2D eigenvalue weighted by Crippen LogP contribution is 2.28. The number of rotatable bonds is 8. The van der Waals surface area contributed by atoms with E-state index in [4.69, 9.17) is 4.74 Å². The van der Waals surface area contributed by atoms with E-state index in [0.717, 1.165) is 12.1 Å². The Hall–Kier alpha value is -3.99. The predicted molar refractivity (Wildman–Crippen MR) is 115 cm³/mol. The van der Waals surface area contributed by atoms with Gasteiger partial charge < -0.3 is 4.74 Å². The molecule has 0 aliphatic rings. The molecule has 11 heteroatoms. The smallest absolute Gasteiger partial charge is 0.270 e. The van der Waals surface area contributed by atoms with Gasteiger partial charge in [-0.2, -0.15) is 5.10 Å². The zero-order valence-corrected chi connectivity index (χ0v) is 17.0. The van der Waals surface area contributed by atoms with Crippen LogP contribution in [0.3, 0.4) is 0 Å². The topological polar surface area (TPSA) is 123 Å². The minimum Gasteiger partial charge on any atom is -0.497 e. The molecule has 0 bridgehead atoms. The molecule has 0 fully saturated rings. The van der Waals surface area contributed by atoms with Crippen LogP contribution in [0, 0.1) is 15.9 Å². The Labute approximate surface area is 177 Å². The summed E-state index contributed by atoms with van der Waals surface area (Å²) in [4.78, 5) is 10.0. The molecule has 0 saturated carbocycles. The molecule has 0 unspecified atom stereocenters. The summed E-state index contributed by atoms with van der Waals surface area (Å²) >= 11 is 0. The molecule has 0 saturated heterocycles. The van der Waals surface area contributed by atoms with Crippen LogP contribution in [0.25, 0.3) is 0 Å². The number of hydrazone groups is 1. The zero-order valence-electron chi connectivity index (χ0n) is 16.2. The number of halogens is 1. The van der Waals surface area contributed by atoms with E-state index in [1.807, 2.05) is 0 Å². The van der Waals surface area contributed by atoms with Gasteiger partial charge in [0.05, 0.1) is 23.9 Å². The van der Waals surface area contributed by atoms with Gasteiger partial charge in [0, 0.05) is 23.4 Å². The van der Waals surface area contributed by atoms with Gasteiger partial charge >= 0.3 is 0 Å². The molecular formula is C20H17FN4O5S. The largest absolute Gasteiger partial charge is 0.497 e. The number of hydrogen-bond donors (Lipinski definition) is 2. The number of ether oxygens (including phenoxy) is 1. The monoisotopic (exact) mass is 444 g/mol. The van der Waals surface area contributed by atoms with E-state index in [1.54, 1.807) is 18.2 Å². The summed E-state index contributed by atoms with van der Waals surface area (Å²) in [5, 5.41) is 15.0. The van der Waals surface area contributed by atoms with E-state index in [-0.39, 0.29) is 16.9 Å². The first-order chi connectivity index (χ1) is 14.8. The van der Waals surface area contributed by atoms with E-state index in [2.05, 4.69) is 15.2 Å². The van der Waals surface area contributed by atoms with E-state index >= 15 is 0 Å². The van der Waals surface area contributed by atoms with Crippen molar-refractivity contribution < 1.29 is 22.5 Å². The number of anilines is 2. The van der Waals surface area contributed by atoms with Crippen LogP contribution in [0.1, 0.15) is 5.56 Å². The Kier molecular flexibility index (Phi) is 6.46. The number of nitro groups is 1. The van der Waals surface area contributed by atoms with Gasteiger partial charge in [-0.1, -0.05) is 18.2 Å². The van der Waals surface area contributed by atoms with Crippen LogP contribution in [0.2, 0.25) is 0 Å². The summed E-state index contributed by atoms with van der Waals surface area (Å²) in [6.45, 7) is 0. The van der Waals surface area contributed by atoms with Gasteiger partial charge in [-0.15, -0.1) is 0 Å². The Bertz CT molecular complexity index is 1230. The summed E-state index contributed by atoms with van der Waals surface area (Å²) in [5.74, 6) is 0.0221. The molecule has 0 spiro atoms. The average Bonchev–Trinajstić information content (AvgIpc) is 2.75. The van der Waals surface area contributed by atoms with E-state index in [0.29, 0.717) is 5.75 Å². The fourth-order valence-corrected chi connectivity index (χ4v) is 3.80. The van der Waals surface area contributed by atoms with Gasteiger partial charge in [0.25, 0.3) is 15.7 Å². The third kappa shape index (κ3) is 5.34. The minimum absolute atomic E-state index is 0.0285. The standard InChI is InChI=1S/C20H17FN4O5S/c1-30-17-9-6-15(7-10-17)24-31(28,29)20-12-16(25(26)27)8-11-19(20)23-22-13-14-4-2-3-5-18(14)21/h2-13,23-24H,1H3/b22-13+. The fraction of sp³-hybridized carbons (Fsp3) is 0.0500. The molecule has 0 radical (unpaired) electrons. The number of nitrogens with one attached hydrogen (secondary N) is 2. The van der Waals surface area contributed by atoms with Crippen molar-refractivity contribution in [3.63, 3.8) is 0 Å². The van der Waals surface area contributed by atoms with Crippen molar-refractivity contribution in [1.82, 2.24) is 0 Å². The molecule has 0 aliphatic heterocycles. The lowest BCUT2D eigenvalue weighted by Gasteiger charge is -2.12. The summed E-state index contributed by atoms with van der Waals surface area (Å²) in [5.41, 5.74) is 2.47. The maximum Gasteiger partial charge on any atom is 0.270 e. The third-order valence-electron chi connectivity index (χ3n) is 4.10. The minimum atomic E-state index is -4.23. The first-order valence-electron chi connectivity index (χ1n) is 8.79. The van der Waals surface area contributed by atoms with Crippen molar-refractivity contribution in [3.8, 4) is 5.75 Å². The van der Waals surface area contributed by atoms with Crippen LogP contribution in [-0.2, 0) is 10.0 Å². The van der Waals surface area contributed by atoms with Gasteiger partial charge in [0.15, 0.2) is 0 Å². The van der Waals surface area contributed by atoms with Crippen molar-refractivity contribution in [2.24, 2.45) is 5.10 Å². The molecule has 3 rings (SSSR count). The summed E-state index contributed by atoms with van der Waals surface area (Å²) in [6, 6.07) is 15.2. The van der Waals surface area contributed by atoms with E-state index in [9.17, 15) is 22.9 Å². The zero-order chi connectivity index (χ0) is 22.4. The molecule has 31 heavy (non-hydrogen) atoms. The summed E-state index contributed by atoms with van der Waals surface area (Å²) in [7, 11) is -2.75. The summed E-state index contributed by atoms with van der Waals surface area (Å²) in [6.07, 6.45) is 1.17. The molecule has 0 atom stereocenters. The highest BCUT2D eigenvalue weighted by atomic mass is 32.2. The van der Waals surface area contributed by atoms with Crippen molar-refractivity contribution in [2.75, 3.05) is 17.3 Å². The number of nitrogens with zero attached hydrogens (tertiary/aromatic N) is 2. The number of benzene rings is 3. The van der Waals surface area contributed by atoms with Crippen LogP contribution < -0.4 is 14.9 Å². The number of hydrogen-bond acceptors (Lipinski definition) is 7. The molecule has 3 aromatic carbocycles. The lowest BCUT2D eigenvalue weighted by Crippen LogP contribution is -2.15. The molecule has 0 heterocycles. The lowest BCUT2D eigenvalue weighted by molar-refractivity contribution is -0.385. The van der Waals surface area contributed by atoms with Crippen molar-refractivity contribution >= 4 is 33.3 Å². The van der Waals surface area contributed by atoms with Gasteiger partial charge in [0.1, 0.15) is 16.5 Å². The Morgan fingerprint density at radius 1 is 1.10 bits per heavy atom. The second-order valence-electron chi connectivity index (χ2n) is 6.16. The number of sulfonamides is 1. The third-order valence-corrected chi connectivity index (χ3v) is 5.52. The van der Waals surface area contributed by atoms with E-state index < -0.39 is 31.3 Å². The number of nitro benzene ring substituents is 1. The number of non-ortho nitro benzene ring substituents is 1. The second-order valence-corrected chi connectivity index (χ2v) is 7.81. The Morgan fingerprint density at radius 2 is 1.81 bits per heavy atom. The molecule has 0 amide bonds. The molecule has 2 N–H and O–H groups in total. The average molecular weight is 444 g/mol. The molecule has 9 nitrogen and oxygen atoms in total. The predicted octanol–water partition coefficient (Wildman–Crippen LogP) is 3.99. The molecule has 160 valence electrons. The van der Waals surface area contributed by atoms with Crippen LogP contribution in [-0.4, -0.2) is 26.7 Å². The Morgan fingerprint density at radius 3 is 2.45 bits per heavy atom. The SMILES string of the molecule is COc1ccc(NS(=O)(=O)c2cc([N+](=O)[O-])ccc2N/N=C/c2ccccc2F)cc1. The fourth-order valence-electron chi connectivity index (χ4n) is 2.56. The highest BCUT2D eigenvalue weighted by molar-refractivity contribution is 7.92. The van der Waals surface area contributed by atoms with E-state index in [1.165, 1.54) is 49.7 Å². The van der Waals surface area contributed by atoms with Crippen molar-refractivity contribution in [3.05, 3.63) is 88.2 Å². The normalized spacial score (nSPS) is 11.3. The van der Waals surface area contributed by atoms with Gasteiger partial charge in [-0.05, 0) is 36.4 Å². The summed E-state index contributed by atoms with van der Waals surface area (Å²) < 4.78 is 46.9. The van der Waals surface area contributed by atoms with Gasteiger partial charge in [0.2, 0.25) is 0 Å². The molecular weight excluding hydrogens is 427 g/mol. The van der Waals surface area contributed by atoms with Gasteiger partial charge in [-0.25, -0.2) is 12.8 Å². The van der Waals surface area contributed by atoms with Crippen molar-refractivity contribution in [1.29, 1.82) is 0 Å².